The predicted octanol–water partition coefficient (Wildman–Crippen LogP) is 3.00. The van der Waals surface area contributed by atoms with E-state index in [4.69, 9.17) is 9.84 Å². The smallest absolute Gasteiger partial charge is 0.306 e. The molecule has 0 bridgehead atoms. The van der Waals surface area contributed by atoms with E-state index in [0.29, 0.717) is 6.42 Å². The van der Waals surface area contributed by atoms with Gasteiger partial charge in [0.2, 0.25) is 0 Å². The van der Waals surface area contributed by atoms with Crippen molar-refractivity contribution in [2.75, 3.05) is 0 Å². The van der Waals surface area contributed by atoms with Crippen LogP contribution in [0.5, 0.6) is 0 Å². The Morgan fingerprint density at radius 3 is 2.50 bits per heavy atom. The van der Waals surface area contributed by atoms with Gasteiger partial charge in [-0.05, 0) is 51.5 Å². The van der Waals surface area contributed by atoms with Crippen molar-refractivity contribution < 1.29 is 19.7 Å². The molecule has 4 nitrogen and oxygen atoms in total. The standard InChI is InChI=1S/C16H28O4/c1-10(9-12(3)15(18)19)8-11(2)14-6-7-16(5,20-14)13(4)17/h8,10,12-14,17H,6-7,9H2,1-5H3,(H,18,19)/b11-8+/t10-,12+,13+,14-,16-/m0/s1. The van der Waals surface area contributed by atoms with E-state index in [2.05, 4.69) is 6.08 Å². The Morgan fingerprint density at radius 1 is 1.45 bits per heavy atom. The highest BCUT2D eigenvalue weighted by molar-refractivity contribution is 5.69. The summed E-state index contributed by atoms with van der Waals surface area (Å²) in [7, 11) is 0. The van der Waals surface area contributed by atoms with Crippen LogP contribution in [0.4, 0.5) is 0 Å². The van der Waals surface area contributed by atoms with Crippen LogP contribution in [0.15, 0.2) is 11.6 Å². The van der Waals surface area contributed by atoms with Gasteiger partial charge in [0, 0.05) is 0 Å². The van der Waals surface area contributed by atoms with Gasteiger partial charge in [-0.1, -0.05) is 19.9 Å². The number of aliphatic hydroxyl groups is 1. The van der Waals surface area contributed by atoms with Crippen molar-refractivity contribution in [1.82, 2.24) is 0 Å². The maximum atomic E-state index is 10.9. The normalized spacial score (nSPS) is 31.9. The molecule has 0 amide bonds. The van der Waals surface area contributed by atoms with Crippen LogP contribution >= 0.6 is 0 Å². The highest BCUT2D eigenvalue weighted by Gasteiger charge is 2.40. The first kappa shape index (κ1) is 17.2. The highest BCUT2D eigenvalue weighted by Crippen LogP contribution is 2.36. The maximum absolute atomic E-state index is 10.9. The molecule has 0 aliphatic carbocycles. The number of aliphatic hydroxyl groups excluding tert-OH is 1. The van der Waals surface area contributed by atoms with Crippen LogP contribution in [0, 0.1) is 11.8 Å². The Labute approximate surface area is 121 Å². The number of ether oxygens (including phenoxy) is 1. The molecule has 1 fully saturated rings. The zero-order valence-corrected chi connectivity index (χ0v) is 13.2. The summed E-state index contributed by atoms with van der Waals surface area (Å²) in [5.41, 5.74) is 0.677. The van der Waals surface area contributed by atoms with Crippen molar-refractivity contribution >= 4 is 5.97 Å². The fourth-order valence-electron chi connectivity index (χ4n) is 2.77. The average Bonchev–Trinajstić information content (AvgIpc) is 2.73. The molecular weight excluding hydrogens is 256 g/mol. The van der Waals surface area contributed by atoms with Crippen molar-refractivity contribution in [2.24, 2.45) is 11.8 Å². The molecule has 0 spiro atoms. The van der Waals surface area contributed by atoms with E-state index in [0.717, 1.165) is 18.4 Å². The van der Waals surface area contributed by atoms with Gasteiger partial charge in [-0.3, -0.25) is 4.79 Å². The second-order valence-corrected chi connectivity index (χ2v) is 6.50. The van der Waals surface area contributed by atoms with Gasteiger partial charge in [-0.2, -0.15) is 0 Å². The third-order valence-corrected chi connectivity index (χ3v) is 4.40. The van der Waals surface area contributed by atoms with Crippen LogP contribution in [-0.4, -0.2) is 34.0 Å². The number of carboxylic acid groups (broad SMARTS) is 1. The molecule has 0 aromatic heterocycles. The molecule has 0 aromatic carbocycles. The summed E-state index contributed by atoms with van der Waals surface area (Å²) in [4.78, 5) is 10.9. The summed E-state index contributed by atoms with van der Waals surface area (Å²) in [6, 6.07) is 0. The fourth-order valence-corrected chi connectivity index (χ4v) is 2.77. The van der Waals surface area contributed by atoms with Gasteiger partial charge in [0.25, 0.3) is 0 Å². The average molecular weight is 284 g/mol. The molecule has 4 heteroatoms. The number of hydrogen-bond acceptors (Lipinski definition) is 3. The maximum Gasteiger partial charge on any atom is 0.306 e. The zero-order valence-electron chi connectivity index (χ0n) is 13.2. The number of hydrogen-bond donors (Lipinski definition) is 2. The molecule has 2 N–H and O–H groups in total. The monoisotopic (exact) mass is 284 g/mol. The topological polar surface area (TPSA) is 66.8 Å². The minimum atomic E-state index is -0.748. The number of rotatable bonds is 6. The van der Waals surface area contributed by atoms with E-state index >= 15 is 0 Å². The molecule has 20 heavy (non-hydrogen) atoms. The summed E-state index contributed by atoms with van der Waals surface area (Å²) in [6.07, 6.45) is 4.05. The molecule has 1 heterocycles. The van der Waals surface area contributed by atoms with Crippen molar-refractivity contribution in [3.8, 4) is 0 Å². The Kier molecular flexibility index (Phi) is 5.78. The molecule has 0 aromatic rings. The SMILES string of the molecule is C/C(=C\[C@H](C)C[C@@H](C)C(=O)O)[C@@H]1CC[C@@](C)([C@@H](C)O)O1. The molecule has 0 unspecified atom stereocenters. The molecular formula is C16H28O4. The number of carbonyl (C=O) groups is 1. The zero-order chi connectivity index (χ0) is 15.5. The Hall–Kier alpha value is -0.870. The van der Waals surface area contributed by atoms with E-state index < -0.39 is 17.7 Å². The first-order valence-electron chi connectivity index (χ1n) is 7.42. The first-order chi connectivity index (χ1) is 9.15. The van der Waals surface area contributed by atoms with E-state index in [1.54, 1.807) is 13.8 Å². The lowest BCUT2D eigenvalue weighted by Gasteiger charge is -2.28. The summed E-state index contributed by atoms with van der Waals surface area (Å²) >= 11 is 0. The second kappa shape index (κ2) is 6.72. The molecule has 0 radical (unpaired) electrons. The second-order valence-electron chi connectivity index (χ2n) is 6.50. The van der Waals surface area contributed by atoms with Crippen molar-refractivity contribution in [3.63, 3.8) is 0 Å². The molecule has 0 saturated carbocycles. The predicted molar refractivity (Wildman–Crippen MR) is 78.5 cm³/mol. The van der Waals surface area contributed by atoms with Gasteiger partial charge in [0.05, 0.1) is 23.7 Å². The number of allylic oxidation sites excluding steroid dienone is 1. The molecule has 5 atom stereocenters. The van der Waals surface area contributed by atoms with Gasteiger partial charge in [0.1, 0.15) is 0 Å². The largest absolute Gasteiger partial charge is 0.481 e. The van der Waals surface area contributed by atoms with Crippen LogP contribution in [0.1, 0.15) is 53.9 Å². The minimum Gasteiger partial charge on any atom is -0.481 e. The van der Waals surface area contributed by atoms with Crippen molar-refractivity contribution in [3.05, 3.63) is 11.6 Å². The van der Waals surface area contributed by atoms with E-state index in [-0.39, 0.29) is 17.9 Å². The highest BCUT2D eigenvalue weighted by atomic mass is 16.5. The summed E-state index contributed by atoms with van der Waals surface area (Å²) < 4.78 is 5.99. The Balaban J connectivity index is 2.60. The summed E-state index contributed by atoms with van der Waals surface area (Å²) in [6.45, 7) is 9.50. The third kappa shape index (κ3) is 4.32. The van der Waals surface area contributed by atoms with Gasteiger partial charge in [-0.15, -0.1) is 0 Å². The van der Waals surface area contributed by atoms with Crippen molar-refractivity contribution in [1.29, 1.82) is 0 Å². The Morgan fingerprint density at radius 2 is 2.05 bits per heavy atom. The molecule has 1 saturated heterocycles. The van der Waals surface area contributed by atoms with Gasteiger partial charge in [0.15, 0.2) is 0 Å². The third-order valence-electron chi connectivity index (χ3n) is 4.40. The van der Waals surface area contributed by atoms with Crippen molar-refractivity contribution in [2.45, 2.75) is 71.7 Å². The first-order valence-corrected chi connectivity index (χ1v) is 7.42. The van der Waals surface area contributed by atoms with Crippen LogP contribution in [0.25, 0.3) is 0 Å². The minimum absolute atomic E-state index is 0.0391. The number of carboxylic acids is 1. The molecule has 1 aliphatic heterocycles. The van der Waals surface area contributed by atoms with E-state index in [9.17, 15) is 9.90 Å². The van der Waals surface area contributed by atoms with Crippen LogP contribution < -0.4 is 0 Å². The summed E-state index contributed by atoms with van der Waals surface area (Å²) in [5.74, 6) is -0.869. The quantitative estimate of drug-likeness (QED) is 0.736. The number of aliphatic carboxylic acids is 1. The van der Waals surface area contributed by atoms with Crippen LogP contribution in [0.3, 0.4) is 0 Å². The molecule has 1 aliphatic rings. The van der Waals surface area contributed by atoms with Crippen LogP contribution in [0.2, 0.25) is 0 Å². The lowest BCUT2D eigenvalue weighted by atomic mass is 9.93. The lowest BCUT2D eigenvalue weighted by Crippen LogP contribution is -2.37. The van der Waals surface area contributed by atoms with E-state index in [1.165, 1.54) is 0 Å². The fraction of sp³-hybridized carbons (Fsp3) is 0.812. The Bertz CT molecular complexity index is 375. The van der Waals surface area contributed by atoms with Gasteiger partial charge >= 0.3 is 5.97 Å². The van der Waals surface area contributed by atoms with Gasteiger partial charge < -0.3 is 14.9 Å². The molecule has 1 rings (SSSR count). The molecule has 116 valence electrons. The summed E-state index contributed by atoms with van der Waals surface area (Å²) in [5, 5.41) is 18.7. The lowest BCUT2D eigenvalue weighted by molar-refractivity contribution is -0.141. The van der Waals surface area contributed by atoms with Crippen LogP contribution in [-0.2, 0) is 9.53 Å². The van der Waals surface area contributed by atoms with E-state index in [1.807, 2.05) is 20.8 Å². The van der Waals surface area contributed by atoms with Gasteiger partial charge in [-0.25, -0.2) is 0 Å².